The van der Waals surface area contributed by atoms with Gasteiger partial charge in [-0.05, 0) is 44.7 Å². The van der Waals surface area contributed by atoms with Gasteiger partial charge in [0.15, 0.2) is 0 Å². The molecule has 0 aromatic rings. The molecule has 0 spiro atoms. The first kappa shape index (κ1) is 13.9. The van der Waals surface area contributed by atoms with Gasteiger partial charge in [0.25, 0.3) is 0 Å². The lowest BCUT2D eigenvalue weighted by Crippen LogP contribution is -2.39. The number of carbonyl (C=O) groups excluding carboxylic acids is 1. The van der Waals surface area contributed by atoms with E-state index in [1.807, 2.05) is 0 Å². The molecular weight excluding hydrogens is 224 g/mol. The van der Waals surface area contributed by atoms with Gasteiger partial charge in [-0.2, -0.15) is 0 Å². The molecular formula is C15H28N2O. The molecule has 1 saturated carbocycles. The molecule has 0 aromatic heterocycles. The van der Waals surface area contributed by atoms with Crippen LogP contribution >= 0.6 is 0 Å². The summed E-state index contributed by atoms with van der Waals surface area (Å²) in [5, 5.41) is 3.20. The molecule has 1 heterocycles. The van der Waals surface area contributed by atoms with Gasteiger partial charge < -0.3 is 10.2 Å². The topological polar surface area (TPSA) is 32.3 Å². The van der Waals surface area contributed by atoms with Crippen LogP contribution in [0.25, 0.3) is 0 Å². The SMILES string of the molecule is CC1CCN(CCC(=O)NC2CCCCC2)CC1. The van der Waals surface area contributed by atoms with E-state index in [-0.39, 0.29) is 5.91 Å². The number of amides is 1. The summed E-state index contributed by atoms with van der Waals surface area (Å²) in [6.45, 7) is 5.63. The maximum absolute atomic E-state index is 11.9. The Morgan fingerprint density at radius 1 is 1.11 bits per heavy atom. The summed E-state index contributed by atoms with van der Waals surface area (Å²) >= 11 is 0. The van der Waals surface area contributed by atoms with Crippen molar-refractivity contribution in [2.24, 2.45) is 5.92 Å². The highest BCUT2D eigenvalue weighted by Crippen LogP contribution is 2.18. The predicted molar refractivity (Wildman–Crippen MR) is 74.5 cm³/mol. The first-order chi connectivity index (χ1) is 8.74. The van der Waals surface area contributed by atoms with Gasteiger partial charge in [-0.15, -0.1) is 0 Å². The van der Waals surface area contributed by atoms with E-state index < -0.39 is 0 Å². The number of nitrogens with one attached hydrogen (secondary N) is 1. The van der Waals surface area contributed by atoms with E-state index in [4.69, 9.17) is 0 Å². The van der Waals surface area contributed by atoms with E-state index in [0.29, 0.717) is 12.5 Å². The maximum Gasteiger partial charge on any atom is 0.221 e. The zero-order valence-corrected chi connectivity index (χ0v) is 11.8. The molecule has 0 aromatic carbocycles. The fraction of sp³-hybridized carbons (Fsp3) is 0.933. The molecule has 1 saturated heterocycles. The molecule has 2 rings (SSSR count). The molecule has 1 N–H and O–H groups in total. The number of hydrogen-bond donors (Lipinski definition) is 1. The molecule has 2 aliphatic rings. The zero-order valence-electron chi connectivity index (χ0n) is 11.8. The highest BCUT2D eigenvalue weighted by molar-refractivity contribution is 5.76. The molecule has 1 aliphatic heterocycles. The fourth-order valence-corrected chi connectivity index (χ4v) is 3.09. The van der Waals surface area contributed by atoms with Gasteiger partial charge in [0.05, 0.1) is 0 Å². The number of likely N-dealkylation sites (tertiary alicyclic amines) is 1. The van der Waals surface area contributed by atoms with Gasteiger partial charge in [0.1, 0.15) is 0 Å². The van der Waals surface area contributed by atoms with E-state index in [2.05, 4.69) is 17.1 Å². The van der Waals surface area contributed by atoms with Crippen molar-refractivity contribution in [3.63, 3.8) is 0 Å². The Hall–Kier alpha value is -0.570. The molecule has 1 amide bonds. The van der Waals surface area contributed by atoms with Gasteiger partial charge >= 0.3 is 0 Å². The first-order valence-electron chi connectivity index (χ1n) is 7.76. The Labute approximate surface area is 111 Å². The molecule has 2 fully saturated rings. The number of carbonyl (C=O) groups is 1. The van der Waals surface area contributed by atoms with E-state index in [9.17, 15) is 4.79 Å². The van der Waals surface area contributed by atoms with Crippen molar-refractivity contribution in [3.05, 3.63) is 0 Å². The van der Waals surface area contributed by atoms with E-state index in [1.54, 1.807) is 0 Å². The Morgan fingerprint density at radius 3 is 2.44 bits per heavy atom. The van der Waals surface area contributed by atoms with Gasteiger partial charge in [-0.25, -0.2) is 0 Å². The van der Waals surface area contributed by atoms with Crippen molar-refractivity contribution in [3.8, 4) is 0 Å². The minimum Gasteiger partial charge on any atom is -0.353 e. The molecule has 18 heavy (non-hydrogen) atoms. The third-order valence-corrected chi connectivity index (χ3v) is 4.50. The fourth-order valence-electron chi connectivity index (χ4n) is 3.09. The lowest BCUT2D eigenvalue weighted by atomic mass is 9.95. The van der Waals surface area contributed by atoms with Crippen LogP contribution < -0.4 is 5.32 Å². The molecule has 3 heteroatoms. The van der Waals surface area contributed by atoms with Crippen LogP contribution in [0.1, 0.15) is 58.3 Å². The van der Waals surface area contributed by atoms with Crippen LogP contribution in [0, 0.1) is 5.92 Å². The highest BCUT2D eigenvalue weighted by Gasteiger charge is 2.18. The molecule has 0 unspecified atom stereocenters. The first-order valence-corrected chi connectivity index (χ1v) is 7.76. The third kappa shape index (κ3) is 4.60. The average Bonchev–Trinajstić information content (AvgIpc) is 2.39. The minimum absolute atomic E-state index is 0.264. The lowest BCUT2D eigenvalue weighted by Gasteiger charge is -2.30. The van der Waals surface area contributed by atoms with Crippen LogP contribution in [0.5, 0.6) is 0 Å². The average molecular weight is 252 g/mol. The summed E-state index contributed by atoms with van der Waals surface area (Å²) in [6.07, 6.45) is 9.57. The summed E-state index contributed by atoms with van der Waals surface area (Å²) in [4.78, 5) is 14.3. The quantitative estimate of drug-likeness (QED) is 0.834. The number of piperidine rings is 1. The summed E-state index contributed by atoms with van der Waals surface area (Å²) in [7, 11) is 0. The number of nitrogens with zero attached hydrogens (tertiary/aromatic N) is 1. The smallest absolute Gasteiger partial charge is 0.221 e. The Bertz CT molecular complexity index is 253. The van der Waals surface area contributed by atoms with Crippen molar-refractivity contribution >= 4 is 5.91 Å². The summed E-state index contributed by atoms with van der Waals surface area (Å²) in [5.41, 5.74) is 0. The highest BCUT2D eigenvalue weighted by atomic mass is 16.1. The van der Waals surface area contributed by atoms with Gasteiger partial charge in [0.2, 0.25) is 5.91 Å². The van der Waals surface area contributed by atoms with Crippen LogP contribution in [-0.4, -0.2) is 36.5 Å². The second-order valence-electron chi connectivity index (χ2n) is 6.18. The van der Waals surface area contributed by atoms with Gasteiger partial charge in [-0.3, -0.25) is 4.79 Å². The van der Waals surface area contributed by atoms with Crippen LogP contribution in [0.4, 0.5) is 0 Å². The Morgan fingerprint density at radius 2 is 1.78 bits per heavy atom. The maximum atomic E-state index is 11.9. The molecule has 104 valence electrons. The largest absolute Gasteiger partial charge is 0.353 e. The molecule has 0 atom stereocenters. The number of hydrogen-bond acceptors (Lipinski definition) is 2. The van der Waals surface area contributed by atoms with Crippen LogP contribution in [0.15, 0.2) is 0 Å². The lowest BCUT2D eigenvalue weighted by molar-refractivity contribution is -0.122. The van der Waals surface area contributed by atoms with Gasteiger partial charge in [0, 0.05) is 19.0 Å². The molecule has 0 radical (unpaired) electrons. The van der Waals surface area contributed by atoms with Crippen molar-refractivity contribution in [1.82, 2.24) is 10.2 Å². The predicted octanol–water partition coefficient (Wildman–Crippen LogP) is 2.56. The van der Waals surface area contributed by atoms with Gasteiger partial charge in [-0.1, -0.05) is 26.2 Å². The molecule has 3 nitrogen and oxygen atoms in total. The van der Waals surface area contributed by atoms with E-state index >= 15 is 0 Å². The normalized spacial score (nSPS) is 24.1. The number of rotatable bonds is 4. The van der Waals surface area contributed by atoms with E-state index in [0.717, 1.165) is 12.5 Å². The molecule has 0 bridgehead atoms. The van der Waals surface area contributed by atoms with Crippen LogP contribution in [0.3, 0.4) is 0 Å². The van der Waals surface area contributed by atoms with E-state index in [1.165, 1.54) is 58.0 Å². The zero-order chi connectivity index (χ0) is 12.8. The second-order valence-corrected chi connectivity index (χ2v) is 6.18. The van der Waals surface area contributed by atoms with Crippen LogP contribution in [-0.2, 0) is 4.79 Å². The van der Waals surface area contributed by atoms with Crippen LogP contribution in [0.2, 0.25) is 0 Å². The van der Waals surface area contributed by atoms with Crippen molar-refractivity contribution < 1.29 is 4.79 Å². The minimum atomic E-state index is 0.264. The second kappa shape index (κ2) is 7.13. The third-order valence-electron chi connectivity index (χ3n) is 4.50. The van der Waals surface area contributed by atoms with Crippen molar-refractivity contribution in [2.75, 3.05) is 19.6 Å². The monoisotopic (exact) mass is 252 g/mol. The summed E-state index contributed by atoms with van der Waals surface area (Å²) in [5.74, 6) is 1.14. The summed E-state index contributed by atoms with van der Waals surface area (Å²) in [6, 6.07) is 0.465. The standard InChI is InChI=1S/C15H28N2O/c1-13-7-10-17(11-8-13)12-9-15(18)16-14-5-3-2-4-6-14/h13-14H,2-12H2,1H3,(H,16,18). The van der Waals surface area contributed by atoms with Crippen molar-refractivity contribution in [2.45, 2.75) is 64.3 Å². The van der Waals surface area contributed by atoms with Crippen molar-refractivity contribution in [1.29, 1.82) is 0 Å². The molecule has 1 aliphatic carbocycles. The summed E-state index contributed by atoms with van der Waals surface area (Å²) < 4.78 is 0. The Kier molecular flexibility index (Phi) is 5.48. The Balaban J connectivity index is 1.59.